The van der Waals surface area contributed by atoms with E-state index in [1.54, 1.807) is 4.90 Å². The van der Waals surface area contributed by atoms with Gasteiger partial charge in [0.15, 0.2) is 0 Å². The monoisotopic (exact) mass is 557 g/mol. The third-order valence-electron chi connectivity index (χ3n) is 8.97. The first-order valence-corrected chi connectivity index (χ1v) is 14.7. The van der Waals surface area contributed by atoms with Crippen LogP contribution in [-0.4, -0.2) is 84.6 Å². The number of fused-ring (bicyclic) bond motifs is 1. The summed E-state index contributed by atoms with van der Waals surface area (Å²) in [4.78, 5) is 31.2. The highest BCUT2D eigenvalue weighted by atomic mass is 16.5. The van der Waals surface area contributed by atoms with Crippen molar-refractivity contribution in [2.45, 2.75) is 65.1 Å². The smallest absolute Gasteiger partial charge is 0.318 e. The van der Waals surface area contributed by atoms with Crippen molar-refractivity contribution < 1.29 is 9.53 Å². The van der Waals surface area contributed by atoms with Crippen LogP contribution in [0, 0.1) is 30.6 Å². The molecule has 1 aliphatic carbocycles. The predicted molar refractivity (Wildman–Crippen MR) is 161 cm³/mol. The van der Waals surface area contributed by atoms with Gasteiger partial charge >= 0.3 is 6.01 Å². The predicted octanol–water partition coefficient (Wildman–Crippen LogP) is 3.88. The van der Waals surface area contributed by atoms with Crippen molar-refractivity contribution >= 4 is 17.4 Å². The molecule has 2 atom stereocenters. The van der Waals surface area contributed by atoms with Gasteiger partial charge in [0.1, 0.15) is 5.82 Å². The van der Waals surface area contributed by atoms with Crippen LogP contribution in [0.1, 0.15) is 48.6 Å². The Kier molecular flexibility index (Phi) is 8.23. The van der Waals surface area contributed by atoms with Crippen LogP contribution in [0.25, 0.3) is 0 Å². The van der Waals surface area contributed by atoms with Gasteiger partial charge in [0.05, 0.1) is 37.4 Å². The van der Waals surface area contributed by atoms with E-state index in [1.165, 1.54) is 22.9 Å². The lowest BCUT2D eigenvalue weighted by atomic mass is 9.95. The SMILES string of the molecule is C=CC(=O)N1CCN(c2nc(OCC3(CN(C)C)CC3)nc3c2CC(C)N(c2cccc(C)c2C)C3)C[C@@H]1CC#N. The van der Waals surface area contributed by atoms with Gasteiger partial charge in [-0.15, -0.1) is 0 Å². The van der Waals surface area contributed by atoms with Gasteiger partial charge in [0, 0.05) is 48.9 Å². The highest BCUT2D eigenvalue weighted by Crippen LogP contribution is 2.46. The van der Waals surface area contributed by atoms with E-state index < -0.39 is 0 Å². The van der Waals surface area contributed by atoms with Crippen LogP contribution in [0.15, 0.2) is 30.9 Å². The topological polar surface area (TPSA) is 88.8 Å². The second-order valence-corrected chi connectivity index (χ2v) is 12.4. The first kappa shape index (κ1) is 28.9. The maximum atomic E-state index is 12.5. The molecule has 5 rings (SSSR count). The number of nitrogens with zero attached hydrogens (tertiary/aromatic N) is 7. The fraction of sp³-hybridized carbons (Fsp3) is 0.562. The third kappa shape index (κ3) is 6.03. The quantitative estimate of drug-likeness (QED) is 0.429. The molecule has 0 bridgehead atoms. The molecular formula is C32H43N7O2. The van der Waals surface area contributed by atoms with Crippen LogP contribution in [-0.2, 0) is 17.8 Å². The van der Waals surface area contributed by atoms with Gasteiger partial charge in [-0.2, -0.15) is 15.2 Å². The number of amides is 1. The van der Waals surface area contributed by atoms with Crippen LogP contribution < -0.4 is 14.5 Å². The van der Waals surface area contributed by atoms with Gasteiger partial charge in [-0.05, 0) is 77.4 Å². The van der Waals surface area contributed by atoms with Crippen molar-refractivity contribution in [3.05, 3.63) is 53.2 Å². The van der Waals surface area contributed by atoms with E-state index in [2.05, 4.69) is 80.4 Å². The van der Waals surface area contributed by atoms with Crippen molar-refractivity contribution in [2.24, 2.45) is 5.41 Å². The van der Waals surface area contributed by atoms with Crippen molar-refractivity contribution in [3.63, 3.8) is 0 Å². The summed E-state index contributed by atoms with van der Waals surface area (Å²) in [6.07, 6.45) is 4.70. The van der Waals surface area contributed by atoms with E-state index in [0.29, 0.717) is 38.8 Å². The molecule has 3 heterocycles. The molecule has 1 aromatic heterocycles. The number of benzene rings is 1. The molecule has 0 radical (unpaired) electrons. The number of anilines is 2. The molecule has 3 aliphatic rings. The van der Waals surface area contributed by atoms with E-state index in [4.69, 9.17) is 14.7 Å². The fourth-order valence-electron chi connectivity index (χ4n) is 6.40. The minimum atomic E-state index is -0.225. The number of nitriles is 1. The Morgan fingerprint density at radius 1 is 1.27 bits per heavy atom. The molecular weight excluding hydrogens is 514 g/mol. The average molecular weight is 558 g/mol. The minimum Gasteiger partial charge on any atom is -0.463 e. The zero-order valence-electron chi connectivity index (χ0n) is 25.2. The van der Waals surface area contributed by atoms with Gasteiger partial charge in [-0.25, -0.2) is 0 Å². The molecule has 2 aromatic rings. The summed E-state index contributed by atoms with van der Waals surface area (Å²) in [6, 6.07) is 9.19. The van der Waals surface area contributed by atoms with E-state index in [-0.39, 0.29) is 29.8 Å². The van der Waals surface area contributed by atoms with Gasteiger partial charge in [-0.1, -0.05) is 18.7 Å². The van der Waals surface area contributed by atoms with E-state index in [9.17, 15) is 10.1 Å². The molecule has 0 N–H and O–H groups in total. The Bertz CT molecular complexity index is 1350. The summed E-state index contributed by atoms with van der Waals surface area (Å²) in [5.41, 5.74) is 6.09. The zero-order valence-corrected chi connectivity index (χ0v) is 25.2. The summed E-state index contributed by atoms with van der Waals surface area (Å²) < 4.78 is 6.37. The van der Waals surface area contributed by atoms with E-state index in [0.717, 1.165) is 42.9 Å². The lowest BCUT2D eigenvalue weighted by Gasteiger charge is -2.43. The molecule has 1 unspecified atom stereocenters. The highest BCUT2D eigenvalue weighted by Gasteiger charge is 2.44. The number of rotatable bonds is 9. The number of ether oxygens (including phenoxy) is 1. The normalized spacial score (nSPS) is 21.3. The summed E-state index contributed by atoms with van der Waals surface area (Å²) in [6.45, 7) is 14.2. The number of carbonyl (C=O) groups excluding carboxylic acids is 1. The second kappa shape index (κ2) is 11.7. The molecule has 218 valence electrons. The third-order valence-corrected chi connectivity index (χ3v) is 8.97. The van der Waals surface area contributed by atoms with Gasteiger partial charge in [-0.3, -0.25) is 4.79 Å². The maximum Gasteiger partial charge on any atom is 0.318 e. The standard InChI is InChI=1S/C32H43N7O2/c1-7-29(40)38-16-15-37(18-25(38)11-14-33)30-26-17-23(3)39(28-10-8-9-22(2)24(28)4)19-27(26)34-31(35-30)41-21-32(12-13-32)20-36(5)6/h7-10,23,25H,1,11-13,15-21H2,2-6H3/t23?,25-/m0/s1. The van der Waals surface area contributed by atoms with Crippen LogP contribution in [0.4, 0.5) is 11.5 Å². The molecule has 0 spiro atoms. The molecule has 9 heteroatoms. The minimum absolute atomic E-state index is 0.132. The van der Waals surface area contributed by atoms with Crippen LogP contribution in [0.3, 0.4) is 0 Å². The fourth-order valence-corrected chi connectivity index (χ4v) is 6.40. The first-order chi connectivity index (χ1) is 19.6. The van der Waals surface area contributed by atoms with Gasteiger partial charge in [0.25, 0.3) is 0 Å². The zero-order chi connectivity index (χ0) is 29.3. The molecule has 1 amide bonds. The number of piperazine rings is 1. The van der Waals surface area contributed by atoms with Gasteiger partial charge < -0.3 is 24.3 Å². The Morgan fingerprint density at radius 2 is 2.05 bits per heavy atom. The number of hydrogen-bond acceptors (Lipinski definition) is 8. The lowest BCUT2D eigenvalue weighted by molar-refractivity contribution is -0.128. The van der Waals surface area contributed by atoms with E-state index >= 15 is 0 Å². The Morgan fingerprint density at radius 3 is 2.73 bits per heavy atom. The Balaban J connectivity index is 1.49. The number of aryl methyl sites for hydroxylation is 1. The lowest BCUT2D eigenvalue weighted by Crippen LogP contribution is -2.55. The van der Waals surface area contributed by atoms with Crippen molar-refractivity contribution in [2.75, 3.05) is 56.7 Å². The number of aromatic nitrogens is 2. The van der Waals surface area contributed by atoms with Crippen molar-refractivity contribution in [1.82, 2.24) is 19.8 Å². The number of carbonyl (C=O) groups is 1. The molecule has 1 saturated carbocycles. The summed E-state index contributed by atoms with van der Waals surface area (Å²) in [5.74, 6) is 0.746. The Labute approximate surface area is 244 Å². The van der Waals surface area contributed by atoms with Crippen LogP contribution in [0.5, 0.6) is 6.01 Å². The van der Waals surface area contributed by atoms with Crippen LogP contribution >= 0.6 is 0 Å². The summed E-state index contributed by atoms with van der Waals surface area (Å²) >= 11 is 0. The van der Waals surface area contributed by atoms with E-state index in [1.807, 2.05) is 0 Å². The highest BCUT2D eigenvalue weighted by molar-refractivity contribution is 5.87. The summed E-state index contributed by atoms with van der Waals surface area (Å²) in [5, 5.41) is 9.53. The molecule has 9 nitrogen and oxygen atoms in total. The van der Waals surface area contributed by atoms with Gasteiger partial charge in [0.2, 0.25) is 5.91 Å². The van der Waals surface area contributed by atoms with Crippen molar-refractivity contribution in [3.8, 4) is 12.1 Å². The first-order valence-electron chi connectivity index (χ1n) is 14.7. The molecule has 1 aromatic carbocycles. The molecule has 2 aliphatic heterocycles. The maximum absolute atomic E-state index is 12.5. The average Bonchev–Trinajstić information content (AvgIpc) is 3.71. The summed E-state index contributed by atoms with van der Waals surface area (Å²) in [7, 11) is 4.20. The molecule has 41 heavy (non-hydrogen) atoms. The number of hydrogen-bond donors (Lipinski definition) is 0. The molecule has 1 saturated heterocycles. The molecule has 2 fully saturated rings. The second-order valence-electron chi connectivity index (χ2n) is 12.4. The Hall–Kier alpha value is -3.64. The largest absolute Gasteiger partial charge is 0.463 e. The van der Waals surface area contributed by atoms with Crippen LogP contribution in [0.2, 0.25) is 0 Å². The van der Waals surface area contributed by atoms with Crippen molar-refractivity contribution in [1.29, 1.82) is 5.26 Å².